The summed E-state index contributed by atoms with van der Waals surface area (Å²) in [7, 11) is 1.15. The highest BCUT2D eigenvalue weighted by atomic mass is 35.5. The Labute approximate surface area is 255 Å². The maximum atomic E-state index is 13.7. The Balaban J connectivity index is 2.48. The van der Waals surface area contributed by atoms with Gasteiger partial charge >= 0.3 is 18.2 Å². The number of hydrogen-bond donors (Lipinski definition) is 1. The molecule has 0 aliphatic rings. The third-order valence-corrected chi connectivity index (χ3v) is 7.33. The first-order valence-corrected chi connectivity index (χ1v) is 14.0. The standard InChI is InChI=1S/C31H34Cl2N2O7/c1-8-30(3,4)41-28(38)34-24(18-10-14-20(32)15-11-18)22-23(27(37)40-7)25(19-12-16-21(33)17-13-19)35(26(22)36)29(39)42-31(5,6)9-2/h10-17,36H,8-9H2,1-7H3/b34-24+. The van der Waals surface area contributed by atoms with Crippen molar-refractivity contribution in [2.75, 3.05) is 7.11 Å². The van der Waals surface area contributed by atoms with Crippen LogP contribution in [0.3, 0.4) is 0 Å². The Morgan fingerprint density at radius 2 is 1.33 bits per heavy atom. The fourth-order valence-electron chi connectivity index (χ4n) is 3.79. The van der Waals surface area contributed by atoms with Gasteiger partial charge in [0.25, 0.3) is 0 Å². The summed E-state index contributed by atoms with van der Waals surface area (Å²) in [4.78, 5) is 44.4. The van der Waals surface area contributed by atoms with E-state index in [4.69, 9.17) is 37.4 Å². The van der Waals surface area contributed by atoms with Gasteiger partial charge in [-0.25, -0.2) is 19.0 Å². The lowest BCUT2D eigenvalue weighted by molar-refractivity contribution is 0.0363. The fourth-order valence-corrected chi connectivity index (χ4v) is 4.05. The summed E-state index contributed by atoms with van der Waals surface area (Å²) in [5, 5.41) is 12.5. The van der Waals surface area contributed by atoms with Gasteiger partial charge in [-0.05, 0) is 70.4 Å². The molecule has 2 aromatic carbocycles. The number of aromatic hydroxyl groups is 1. The summed E-state index contributed by atoms with van der Waals surface area (Å²) in [6, 6.07) is 12.5. The van der Waals surface area contributed by atoms with Gasteiger partial charge in [-0.1, -0.05) is 61.3 Å². The van der Waals surface area contributed by atoms with Crippen molar-refractivity contribution in [3.8, 4) is 17.1 Å². The molecule has 3 rings (SSSR count). The molecule has 0 fully saturated rings. The van der Waals surface area contributed by atoms with Crippen LogP contribution in [0.4, 0.5) is 9.59 Å². The lowest BCUT2D eigenvalue weighted by atomic mass is 9.97. The van der Waals surface area contributed by atoms with Crippen molar-refractivity contribution in [1.82, 2.24) is 4.57 Å². The Hall–Kier alpha value is -3.82. The van der Waals surface area contributed by atoms with Crippen molar-refractivity contribution in [2.24, 2.45) is 4.99 Å². The Morgan fingerprint density at radius 3 is 1.83 bits per heavy atom. The van der Waals surface area contributed by atoms with Crippen molar-refractivity contribution < 1.29 is 33.7 Å². The number of carbonyl (C=O) groups excluding carboxylic acids is 3. The van der Waals surface area contributed by atoms with Crippen molar-refractivity contribution in [2.45, 2.75) is 65.6 Å². The largest absolute Gasteiger partial charge is 0.494 e. The molecule has 0 saturated carbocycles. The number of amides is 1. The number of methoxy groups -OCH3 is 1. The lowest BCUT2D eigenvalue weighted by Crippen LogP contribution is -2.30. The molecule has 224 valence electrons. The van der Waals surface area contributed by atoms with Crippen LogP contribution in [0.15, 0.2) is 53.5 Å². The van der Waals surface area contributed by atoms with E-state index in [0.717, 1.165) is 11.7 Å². The summed E-state index contributed by atoms with van der Waals surface area (Å²) in [6.45, 7) is 10.5. The minimum atomic E-state index is -0.975. The maximum absolute atomic E-state index is 13.7. The first kappa shape index (κ1) is 32.7. The van der Waals surface area contributed by atoms with Crippen LogP contribution in [0.2, 0.25) is 10.0 Å². The molecule has 1 N–H and O–H groups in total. The van der Waals surface area contributed by atoms with Crippen molar-refractivity contribution in [3.05, 3.63) is 75.3 Å². The van der Waals surface area contributed by atoms with Crippen LogP contribution >= 0.6 is 23.2 Å². The van der Waals surface area contributed by atoms with E-state index in [2.05, 4.69) is 4.99 Å². The van der Waals surface area contributed by atoms with Crippen LogP contribution in [0.5, 0.6) is 5.88 Å². The molecule has 0 bridgehead atoms. The van der Waals surface area contributed by atoms with E-state index in [-0.39, 0.29) is 22.5 Å². The van der Waals surface area contributed by atoms with Gasteiger partial charge in [0.05, 0.1) is 29.6 Å². The van der Waals surface area contributed by atoms with E-state index < -0.39 is 35.2 Å². The molecule has 3 aromatic rings. The normalized spacial score (nSPS) is 12.2. The molecule has 0 unspecified atom stereocenters. The van der Waals surface area contributed by atoms with E-state index in [0.29, 0.717) is 34.0 Å². The van der Waals surface area contributed by atoms with Gasteiger partial charge in [0.2, 0.25) is 5.88 Å². The molecule has 0 radical (unpaired) electrons. The maximum Gasteiger partial charge on any atom is 0.434 e. The molecule has 1 heterocycles. The predicted octanol–water partition coefficient (Wildman–Crippen LogP) is 8.29. The number of nitrogens with zero attached hydrogens (tertiary/aromatic N) is 2. The molecule has 1 aromatic heterocycles. The molecular formula is C31H34Cl2N2O7. The first-order valence-electron chi connectivity index (χ1n) is 13.3. The number of esters is 1. The summed E-state index contributed by atoms with van der Waals surface area (Å²) in [6.07, 6.45) is -0.979. The predicted molar refractivity (Wildman–Crippen MR) is 162 cm³/mol. The second-order valence-electron chi connectivity index (χ2n) is 10.7. The molecule has 0 aliphatic carbocycles. The fraction of sp³-hybridized carbons (Fsp3) is 0.355. The average molecular weight is 618 g/mol. The van der Waals surface area contributed by atoms with Gasteiger partial charge in [0, 0.05) is 15.6 Å². The monoisotopic (exact) mass is 616 g/mol. The van der Waals surface area contributed by atoms with Crippen molar-refractivity contribution >= 4 is 47.1 Å². The van der Waals surface area contributed by atoms with Gasteiger partial charge in [-0.3, -0.25) is 0 Å². The number of aliphatic imine (C=N–C) groups is 1. The summed E-state index contributed by atoms with van der Waals surface area (Å²) < 4.78 is 17.2. The van der Waals surface area contributed by atoms with E-state index in [9.17, 15) is 19.5 Å². The van der Waals surface area contributed by atoms with Crippen LogP contribution in [0.25, 0.3) is 11.3 Å². The number of halogens is 2. The quantitative estimate of drug-likeness (QED) is 0.154. The number of ether oxygens (including phenoxy) is 3. The highest BCUT2D eigenvalue weighted by Crippen LogP contribution is 2.39. The molecule has 0 spiro atoms. The molecule has 9 nitrogen and oxygen atoms in total. The zero-order chi connectivity index (χ0) is 31.4. The van der Waals surface area contributed by atoms with Crippen LogP contribution in [-0.4, -0.2) is 51.9 Å². The molecule has 1 amide bonds. The Kier molecular flexibility index (Phi) is 10.1. The lowest BCUT2D eigenvalue weighted by Gasteiger charge is -2.24. The van der Waals surface area contributed by atoms with Crippen molar-refractivity contribution in [1.29, 1.82) is 0 Å². The second-order valence-corrected chi connectivity index (χ2v) is 11.6. The van der Waals surface area contributed by atoms with Gasteiger partial charge < -0.3 is 19.3 Å². The SMILES string of the molecule is CCC(C)(C)OC(=O)/N=C(\c1ccc(Cl)cc1)c1c(C(=O)OC)c(-c2ccc(Cl)cc2)n(C(=O)OC(C)(C)CC)c1O. The van der Waals surface area contributed by atoms with Crippen molar-refractivity contribution in [3.63, 3.8) is 0 Å². The molecule has 42 heavy (non-hydrogen) atoms. The molecule has 0 atom stereocenters. The van der Waals surface area contributed by atoms with E-state index in [1.54, 1.807) is 76.2 Å². The number of aromatic nitrogens is 1. The van der Waals surface area contributed by atoms with Crippen LogP contribution in [0, 0.1) is 0 Å². The summed E-state index contributed by atoms with van der Waals surface area (Å²) in [5.41, 5.74) is -1.82. The summed E-state index contributed by atoms with van der Waals surface area (Å²) >= 11 is 12.2. The second kappa shape index (κ2) is 13.0. The van der Waals surface area contributed by atoms with Crippen LogP contribution < -0.4 is 0 Å². The Morgan fingerprint density at radius 1 is 0.833 bits per heavy atom. The number of rotatable bonds is 8. The number of carbonyl (C=O) groups is 3. The van der Waals surface area contributed by atoms with E-state index in [1.807, 2.05) is 13.8 Å². The zero-order valence-electron chi connectivity index (χ0n) is 24.6. The first-order chi connectivity index (χ1) is 19.6. The number of benzene rings is 2. The molecule has 0 saturated heterocycles. The van der Waals surface area contributed by atoms with E-state index in [1.165, 1.54) is 0 Å². The molecule has 11 heteroatoms. The number of hydrogen-bond acceptors (Lipinski definition) is 7. The van der Waals surface area contributed by atoms with Crippen LogP contribution in [0.1, 0.15) is 75.9 Å². The third-order valence-electron chi connectivity index (χ3n) is 6.82. The summed E-state index contributed by atoms with van der Waals surface area (Å²) in [5.74, 6) is -1.61. The third kappa shape index (κ3) is 7.33. The van der Waals surface area contributed by atoms with Gasteiger partial charge in [0.15, 0.2) is 0 Å². The van der Waals surface area contributed by atoms with Gasteiger partial charge in [0.1, 0.15) is 11.2 Å². The van der Waals surface area contributed by atoms with Gasteiger partial charge in [-0.2, -0.15) is 4.99 Å². The smallest absolute Gasteiger partial charge is 0.434 e. The highest BCUT2D eigenvalue weighted by molar-refractivity contribution is 6.31. The highest BCUT2D eigenvalue weighted by Gasteiger charge is 2.37. The van der Waals surface area contributed by atoms with Crippen LogP contribution in [-0.2, 0) is 14.2 Å². The minimum absolute atomic E-state index is 0.0492. The topological polar surface area (TPSA) is 116 Å². The van der Waals surface area contributed by atoms with E-state index >= 15 is 0 Å². The molecule has 0 aliphatic heterocycles. The zero-order valence-corrected chi connectivity index (χ0v) is 26.1. The Bertz CT molecular complexity index is 1510. The van der Waals surface area contributed by atoms with Gasteiger partial charge in [-0.15, -0.1) is 0 Å². The molecular weight excluding hydrogens is 583 g/mol. The average Bonchev–Trinajstić information content (AvgIpc) is 3.24. The minimum Gasteiger partial charge on any atom is -0.494 e.